The van der Waals surface area contributed by atoms with Crippen LogP contribution in [0.3, 0.4) is 0 Å². The fourth-order valence-electron chi connectivity index (χ4n) is 4.77. The molecule has 2 aromatic carbocycles. The standard InChI is InChI=1S/C29H36ClNO6Si/c1-17(32)35-24-15-21(33)26(19-12-13-31(5)16-25(19)37-38(6,7)29(2,3)4)28-27(24)22(34)14-23(36-28)18-10-8-9-11-20(18)30/h8-11,14-15,19,25,33H,12-13,16H2,1-7H3/t19-,25?/m0/s1. The average Bonchev–Trinajstić information content (AvgIpc) is 2.78. The van der Waals surface area contributed by atoms with E-state index in [0.717, 1.165) is 6.54 Å². The molecule has 2 heterocycles. The molecule has 1 aliphatic rings. The first kappa shape index (κ1) is 28.4. The third kappa shape index (κ3) is 5.54. The van der Waals surface area contributed by atoms with Crippen molar-refractivity contribution in [3.05, 3.63) is 57.2 Å². The van der Waals surface area contributed by atoms with Gasteiger partial charge in [0.25, 0.3) is 0 Å². The van der Waals surface area contributed by atoms with E-state index in [0.29, 0.717) is 29.1 Å². The number of phenolic OH excluding ortho intramolecular Hbond substituents is 1. The molecule has 1 N–H and O–H groups in total. The van der Waals surface area contributed by atoms with Gasteiger partial charge in [-0.05, 0) is 50.3 Å². The van der Waals surface area contributed by atoms with E-state index in [1.165, 1.54) is 19.1 Å². The van der Waals surface area contributed by atoms with Crippen molar-refractivity contribution in [3.8, 4) is 22.8 Å². The molecule has 0 amide bonds. The zero-order valence-corrected chi connectivity index (χ0v) is 24.8. The number of hydrogen-bond donors (Lipinski definition) is 1. The van der Waals surface area contributed by atoms with Gasteiger partial charge in [0.05, 0.1) is 11.1 Å². The molecule has 4 rings (SSSR count). The van der Waals surface area contributed by atoms with Gasteiger partial charge in [0.1, 0.15) is 28.2 Å². The molecule has 7 nitrogen and oxygen atoms in total. The van der Waals surface area contributed by atoms with Gasteiger partial charge in [-0.3, -0.25) is 9.59 Å². The van der Waals surface area contributed by atoms with Gasteiger partial charge >= 0.3 is 5.97 Å². The first-order chi connectivity index (χ1) is 17.7. The number of carbonyl (C=O) groups is 1. The quantitative estimate of drug-likeness (QED) is 0.216. The Bertz CT molecular complexity index is 1430. The molecule has 2 atom stereocenters. The predicted molar refractivity (Wildman–Crippen MR) is 153 cm³/mol. The minimum Gasteiger partial charge on any atom is -0.507 e. The first-order valence-corrected chi connectivity index (χ1v) is 16.1. The number of ether oxygens (including phenoxy) is 1. The van der Waals surface area contributed by atoms with Crippen LogP contribution in [0.5, 0.6) is 11.5 Å². The molecule has 1 aromatic heterocycles. The fraction of sp³-hybridized carbons (Fsp3) is 0.448. The van der Waals surface area contributed by atoms with Crippen molar-refractivity contribution in [1.29, 1.82) is 0 Å². The SMILES string of the molecule is CC(=O)Oc1cc(O)c([C@H]2CCN(C)CC2O[Si](C)(C)C(C)(C)C)c2oc(-c3ccccc3Cl)cc(=O)c12. The molecule has 0 saturated carbocycles. The van der Waals surface area contributed by atoms with Crippen LogP contribution in [0, 0.1) is 0 Å². The number of esters is 1. The van der Waals surface area contributed by atoms with Crippen LogP contribution in [-0.2, 0) is 9.22 Å². The van der Waals surface area contributed by atoms with Crippen molar-refractivity contribution in [2.24, 2.45) is 0 Å². The molecule has 1 aliphatic heterocycles. The Labute approximate surface area is 229 Å². The Balaban J connectivity index is 1.98. The van der Waals surface area contributed by atoms with E-state index in [-0.39, 0.29) is 45.3 Å². The number of likely N-dealkylation sites (tertiary alicyclic amines) is 1. The van der Waals surface area contributed by atoms with Gasteiger partial charge in [-0.2, -0.15) is 0 Å². The average molecular weight is 558 g/mol. The van der Waals surface area contributed by atoms with Gasteiger partial charge in [-0.25, -0.2) is 0 Å². The molecular weight excluding hydrogens is 522 g/mol. The Hall–Kier alpha value is -2.65. The second-order valence-corrected chi connectivity index (χ2v) is 16.8. The van der Waals surface area contributed by atoms with E-state index in [1.54, 1.807) is 24.3 Å². The molecule has 3 aromatic rings. The Morgan fingerprint density at radius 2 is 1.89 bits per heavy atom. The molecular formula is C29H36ClNO6Si. The number of fused-ring (bicyclic) bond motifs is 1. The number of aromatic hydroxyl groups is 1. The van der Waals surface area contributed by atoms with E-state index in [2.05, 4.69) is 45.8 Å². The second kappa shape index (κ2) is 10.5. The summed E-state index contributed by atoms with van der Waals surface area (Å²) in [4.78, 5) is 27.6. The number of halogens is 1. The minimum atomic E-state index is -2.18. The molecule has 0 spiro atoms. The van der Waals surface area contributed by atoms with Crippen molar-refractivity contribution in [2.45, 2.75) is 64.3 Å². The highest BCUT2D eigenvalue weighted by atomic mass is 35.5. The number of benzene rings is 2. The van der Waals surface area contributed by atoms with E-state index >= 15 is 0 Å². The molecule has 0 bridgehead atoms. The third-order valence-corrected chi connectivity index (χ3v) is 12.6. The molecule has 1 unspecified atom stereocenters. The number of phenols is 1. The number of carbonyl (C=O) groups excluding carboxylic acids is 1. The molecule has 1 fully saturated rings. The van der Waals surface area contributed by atoms with Crippen LogP contribution in [0.25, 0.3) is 22.3 Å². The monoisotopic (exact) mass is 557 g/mol. The summed E-state index contributed by atoms with van der Waals surface area (Å²) in [5, 5.41) is 11.9. The van der Waals surface area contributed by atoms with Crippen molar-refractivity contribution in [3.63, 3.8) is 0 Å². The Morgan fingerprint density at radius 1 is 1.21 bits per heavy atom. The van der Waals surface area contributed by atoms with E-state index in [1.807, 2.05) is 0 Å². The van der Waals surface area contributed by atoms with Crippen LogP contribution in [0.1, 0.15) is 45.6 Å². The molecule has 9 heteroatoms. The number of hydrogen-bond acceptors (Lipinski definition) is 7. The lowest BCUT2D eigenvalue weighted by atomic mass is 9.85. The van der Waals surface area contributed by atoms with Crippen molar-refractivity contribution >= 4 is 36.9 Å². The molecule has 38 heavy (non-hydrogen) atoms. The Morgan fingerprint density at radius 3 is 2.53 bits per heavy atom. The van der Waals surface area contributed by atoms with Gasteiger partial charge < -0.3 is 23.6 Å². The zero-order chi connectivity index (χ0) is 28.0. The maximum atomic E-state index is 13.5. The van der Waals surface area contributed by atoms with Crippen molar-refractivity contribution in [2.75, 3.05) is 20.1 Å². The smallest absolute Gasteiger partial charge is 0.308 e. The highest BCUT2D eigenvalue weighted by molar-refractivity contribution is 6.74. The zero-order valence-electron chi connectivity index (χ0n) is 23.1. The summed E-state index contributed by atoms with van der Waals surface area (Å²) >= 11 is 6.43. The largest absolute Gasteiger partial charge is 0.507 e. The number of piperidine rings is 1. The number of rotatable bonds is 5. The van der Waals surface area contributed by atoms with Crippen molar-refractivity contribution < 1.29 is 23.5 Å². The molecule has 204 valence electrons. The second-order valence-electron chi connectivity index (χ2n) is 11.6. The Kier molecular flexibility index (Phi) is 7.83. The van der Waals surface area contributed by atoms with Crippen LogP contribution >= 0.6 is 11.6 Å². The third-order valence-electron chi connectivity index (χ3n) is 7.76. The summed E-state index contributed by atoms with van der Waals surface area (Å²) in [5.74, 6) is -0.733. The lowest BCUT2D eigenvalue weighted by molar-refractivity contribution is -0.131. The lowest BCUT2D eigenvalue weighted by Crippen LogP contribution is -2.51. The van der Waals surface area contributed by atoms with E-state index in [9.17, 15) is 14.7 Å². The predicted octanol–water partition coefficient (Wildman–Crippen LogP) is 6.55. The number of nitrogens with zero attached hydrogens (tertiary/aromatic N) is 1. The van der Waals surface area contributed by atoms with Gasteiger partial charge in [0.2, 0.25) is 0 Å². The van der Waals surface area contributed by atoms with Crippen LogP contribution in [0.4, 0.5) is 0 Å². The van der Waals surface area contributed by atoms with Gasteiger partial charge in [-0.1, -0.05) is 44.5 Å². The topological polar surface area (TPSA) is 89.2 Å². The van der Waals surface area contributed by atoms with Crippen LogP contribution < -0.4 is 10.2 Å². The summed E-state index contributed by atoms with van der Waals surface area (Å²) < 4.78 is 18.6. The van der Waals surface area contributed by atoms with Crippen LogP contribution in [-0.4, -0.2) is 50.5 Å². The summed E-state index contributed by atoms with van der Waals surface area (Å²) in [5.41, 5.74) is 0.822. The number of likely N-dealkylation sites (N-methyl/N-ethyl adjacent to an activating group) is 1. The summed E-state index contributed by atoms with van der Waals surface area (Å²) in [7, 11) is -0.132. The summed E-state index contributed by atoms with van der Waals surface area (Å²) in [6.07, 6.45) is 0.448. The molecule has 1 saturated heterocycles. The van der Waals surface area contributed by atoms with E-state index < -0.39 is 19.7 Å². The first-order valence-electron chi connectivity index (χ1n) is 12.8. The highest BCUT2D eigenvalue weighted by Crippen LogP contribution is 2.46. The normalized spacial score (nSPS) is 19.1. The minimum absolute atomic E-state index is 0.0132. The molecule has 0 aliphatic carbocycles. The van der Waals surface area contributed by atoms with Gasteiger partial charge in [0, 0.05) is 42.6 Å². The summed E-state index contributed by atoms with van der Waals surface area (Å²) in [6.45, 7) is 13.7. The van der Waals surface area contributed by atoms with Gasteiger partial charge in [0.15, 0.2) is 13.7 Å². The maximum absolute atomic E-state index is 13.5. The van der Waals surface area contributed by atoms with Gasteiger partial charge in [-0.15, -0.1) is 0 Å². The maximum Gasteiger partial charge on any atom is 0.308 e. The highest BCUT2D eigenvalue weighted by Gasteiger charge is 2.43. The molecule has 0 radical (unpaired) electrons. The van der Waals surface area contributed by atoms with Crippen LogP contribution in [0.15, 0.2) is 45.6 Å². The lowest BCUT2D eigenvalue weighted by Gasteiger charge is -2.45. The van der Waals surface area contributed by atoms with Crippen molar-refractivity contribution in [1.82, 2.24) is 4.90 Å². The van der Waals surface area contributed by atoms with E-state index in [4.69, 9.17) is 25.2 Å². The van der Waals surface area contributed by atoms with Crippen LogP contribution in [0.2, 0.25) is 23.2 Å². The summed E-state index contributed by atoms with van der Waals surface area (Å²) in [6, 6.07) is 9.76. The fourth-order valence-corrected chi connectivity index (χ4v) is 6.35.